The lowest BCUT2D eigenvalue weighted by Crippen LogP contribution is -2.06. The first kappa shape index (κ1) is 13.9. The Morgan fingerprint density at radius 1 is 1.00 bits per heavy atom. The zero-order valence-corrected chi connectivity index (χ0v) is 12.2. The van der Waals surface area contributed by atoms with Crippen molar-refractivity contribution >= 4 is 41.0 Å². The van der Waals surface area contributed by atoms with Crippen LogP contribution in [-0.4, -0.2) is 11.7 Å². The highest BCUT2D eigenvalue weighted by atomic mass is 35.5. The summed E-state index contributed by atoms with van der Waals surface area (Å²) in [7, 11) is 0. The highest BCUT2D eigenvalue weighted by Gasteiger charge is 2.26. The number of hydrogen-bond donors (Lipinski definition) is 0. The predicted octanol–water partition coefficient (Wildman–Crippen LogP) is 4.34. The maximum absolute atomic E-state index is 11.9. The molecule has 1 aliphatic rings. The molecule has 0 amide bonds. The standard InChI is InChI=1S/C16H9Cl2NO2/c17-12-7-5-10(6-8-12)15-13(16(20)21-19-15)9-11-3-1-2-4-14(11)18/h1-9H/b13-9+. The smallest absolute Gasteiger partial charge is 0.312 e. The second-order valence-corrected chi connectivity index (χ2v) is 5.25. The van der Waals surface area contributed by atoms with Crippen LogP contribution < -0.4 is 0 Å². The summed E-state index contributed by atoms with van der Waals surface area (Å²) in [6.07, 6.45) is 1.67. The number of nitrogens with zero attached hydrogens (tertiary/aromatic N) is 1. The van der Waals surface area contributed by atoms with Gasteiger partial charge in [0.25, 0.3) is 0 Å². The Labute approximate surface area is 131 Å². The van der Waals surface area contributed by atoms with Gasteiger partial charge in [-0.2, -0.15) is 0 Å². The first-order valence-electron chi connectivity index (χ1n) is 6.17. The van der Waals surface area contributed by atoms with E-state index in [1.165, 1.54) is 0 Å². The lowest BCUT2D eigenvalue weighted by molar-refractivity contribution is -0.136. The molecule has 1 heterocycles. The summed E-state index contributed by atoms with van der Waals surface area (Å²) in [5, 5.41) is 5.00. The average molecular weight is 318 g/mol. The summed E-state index contributed by atoms with van der Waals surface area (Å²) in [5.41, 5.74) is 2.32. The number of halogens is 2. The van der Waals surface area contributed by atoms with Crippen LogP contribution in [0, 0.1) is 0 Å². The monoisotopic (exact) mass is 317 g/mol. The molecule has 0 N–H and O–H groups in total. The second kappa shape index (κ2) is 5.72. The molecule has 0 bridgehead atoms. The van der Waals surface area contributed by atoms with Gasteiger partial charge in [0.2, 0.25) is 0 Å². The van der Waals surface area contributed by atoms with Crippen molar-refractivity contribution in [3.63, 3.8) is 0 Å². The van der Waals surface area contributed by atoms with E-state index in [-0.39, 0.29) is 0 Å². The van der Waals surface area contributed by atoms with Gasteiger partial charge in [-0.25, -0.2) is 4.79 Å². The summed E-state index contributed by atoms with van der Waals surface area (Å²) in [4.78, 5) is 16.6. The van der Waals surface area contributed by atoms with Crippen LogP contribution in [0.3, 0.4) is 0 Å². The van der Waals surface area contributed by atoms with Crippen LogP contribution in [0.4, 0.5) is 0 Å². The highest BCUT2D eigenvalue weighted by Crippen LogP contribution is 2.24. The first-order chi connectivity index (χ1) is 10.1. The van der Waals surface area contributed by atoms with Crippen molar-refractivity contribution in [1.29, 1.82) is 0 Å². The molecule has 3 nitrogen and oxygen atoms in total. The molecule has 0 saturated carbocycles. The third-order valence-electron chi connectivity index (χ3n) is 3.02. The Morgan fingerprint density at radius 3 is 2.43 bits per heavy atom. The molecule has 2 aromatic carbocycles. The fraction of sp³-hybridized carbons (Fsp3) is 0. The molecule has 3 rings (SSSR count). The number of hydrogen-bond acceptors (Lipinski definition) is 3. The van der Waals surface area contributed by atoms with Gasteiger partial charge in [0.1, 0.15) is 5.71 Å². The van der Waals surface area contributed by atoms with Gasteiger partial charge in [0, 0.05) is 15.6 Å². The van der Waals surface area contributed by atoms with Crippen LogP contribution in [0.25, 0.3) is 6.08 Å². The summed E-state index contributed by atoms with van der Waals surface area (Å²) >= 11 is 12.0. The number of carbonyl (C=O) groups excluding carboxylic acids is 1. The molecule has 0 unspecified atom stereocenters. The summed E-state index contributed by atoms with van der Waals surface area (Å²) in [6, 6.07) is 14.3. The molecule has 5 heteroatoms. The van der Waals surface area contributed by atoms with E-state index in [2.05, 4.69) is 5.16 Å². The van der Waals surface area contributed by atoms with Crippen LogP contribution in [0.15, 0.2) is 59.3 Å². The molecule has 1 aliphatic heterocycles. The van der Waals surface area contributed by atoms with E-state index in [9.17, 15) is 4.79 Å². The van der Waals surface area contributed by atoms with Gasteiger partial charge in [-0.05, 0) is 29.8 Å². The van der Waals surface area contributed by atoms with E-state index in [0.29, 0.717) is 21.3 Å². The molecule has 0 saturated heterocycles. The predicted molar refractivity (Wildman–Crippen MR) is 83.5 cm³/mol. The fourth-order valence-electron chi connectivity index (χ4n) is 1.97. The highest BCUT2D eigenvalue weighted by molar-refractivity contribution is 6.34. The van der Waals surface area contributed by atoms with Crippen molar-refractivity contribution < 1.29 is 9.63 Å². The maximum Gasteiger partial charge on any atom is 0.368 e. The average Bonchev–Trinajstić information content (AvgIpc) is 2.84. The minimum absolute atomic E-state index is 0.366. The Kier molecular flexibility index (Phi) is 3.78. The molecule has 0 spiro atoms. The Hall–Kier alpha value is -2.10. The third kappa shape index (κ3) is 2.84. The molecule has 0 aliphatic carbocycles. The normalized spacial score (nSPS) is 16.0. The SMILES string of the molecule is O=C1ON=C(c2ccc(Cl)cc2)/C1=C\c1ccccc1Cl. The molecule has 104 valence electrons. The van der Waals surface area contributed by atoms with Gasteiger partial charge in [-0.3, -0.25) is 0 Å². The molecule has 2 aromatic rings. The van der Waals surface area contributed by atoms with Crippen LogP contribution in [0.5, 0.6) is 0 Å². The number of rotatable bonds is 2. The molecule has 0 atom stereocenters. The molecule has 21 heavy (non-hydrogen) atoms. The van der Waals surface area contributed by atoms with Crippen molar-refractivity contribution in [3.8, 4) is 0 Å². The van der Waals surface area contributed by atoms with Gasteiger partial charge in [-0.1, -0.05) is 58.7 Å². The van der Waals surface area contributed by atoms with Crippen molar-refractivity contribution in [2.75, 3.05) is 0 Å². The van der Waals surface area contributed by atoms with E-state index < -0.39 is 5.97 Å². The summed E-state index contributed by atoms with van der Waals surface area (Å²) in [5.74, 6) is -0.500. The van der Waals surface area contributed by atoms with Gasteiger partial charge < -0.3 is 4.84 Å². The minimum Gasteiger partial charge on any atom is -0.312 e. The Bertz CT molecular complexity index is 764. The number of carbonyl (C=O) groups is 1. The van der Waals surface area contributed by atoms with E-state index >= 15 is 0 Å². The van der Waals surface area contributed by atoms with E-state index in [1.54, 1.807) is 36.4 Å². The van der Waals surface area contributed by atoms with E-state index in [4.69, 9.17) is 28.0 Å². The Morgan fingerprint density at radius 2 is 1.71 bits per heavy atom. The van der Waals surface area contributed by atoms with Crippen molar-refractivity contribution in [3.05, 3.63) is 75.3 Å². The molecular weight excluding hydrogens is 309 g/mol. The minimum atomic E-state index is -0.500. The van der Waals surface area contributed by atoms with Crippen LogP contribution in [-0.2, 0) is 9.63 Å². The molecular formula is C16H9Cl2NO2. The quantitative estimate of drug-likeness (QED) is 0.610. The topological polar surface area (TPSA) is 38.7 Å². The zero-order chi connectivity index (χ0) is 14.8. The molecule has 0 aromatic heterocycles. The molecule has 0 radical (unpaired) electrons. The van der Waals surface area contributed by atoms with Gasteiger partial charge in [0.15, 0.2) is 0 Å². The van der Waals surface area contributed by atoms with Gasteiger partial charge in [0.05, 0.1) is 5.57 Å². The van der Waals surface area contributed by atoms with Crippen molar-refractivity contribution in [2.24, 2.45) is 5.16 Å². The van der Waals surface area contributed by atoms with Crippen LogP contribution in [0.2, 0.25) is 10.0 Å². The van der Waals surface area contributed by atoms with E-state index in [0.717, 1.165) is 11.1 Å². The number of benzene rings is 2. The largest absolute Gasteiger partial charge is 0.368 e. The molecule has 0 fully saturated rings. The third-order valence-corrected chi connectivity index (χ3v) is 3.61. The maximum atomic E-state index is 11.9. The van der Waals surface area contributed by atoms with Gasteiger partial charge >= 0.3 is 5.97 Å². The second-order valence-electron chi connectivity index (χ2n) is 4.41. The summed E-state index contributed by atoms with van der Waals surface area (Å²) < 4.78 is 0. The fourth-order valence-corrected chi connectivity index (χ4v) is 2.29. The number of oxime groups is 1. The van der Waals surface area contributed by atoms with Crippen molar-refractivity contribution in [1.82, 2.24) is 0 Å². The summed E-state index contributed by atoms with van der Waals surface area (Å²) in [6.45, 7) is 0. The van der Waals surface area contributed by atoms with Crippen LogP contribution in [0.1, 0.15) is 11.1 Å². The Balaban J connectivity index is 2.04. The zero-order valence-electron chi connectivity index (χ0n) is 10.7. The van der Waals surface area contributed by atoms with Gasteiger partial charge in [-0.15, -0.1) is 0 Å². The lowest BCUT2D eigenvalue weighted by Gasteiger charge is -2.02. The lowest BCUT2D eigenvalue weighted by atomic mass is 10.0. The van der Waals surface area contributed by atoms with E-state index in [1.807, 2.05) is 18.2 Å². The first-order valence-corrected chi connectivity index (χ1v) is 6.92. The van der Waals surface area contributed by atoms with Crippen LogP contribution >= 0.6 is 23.2 Å². The van der Waals surface area contributed by atoms with Crippen molar-refractivity contribution in [2.45, 2.75) is 0 Å².